The highest BCUT2D eigenvalue weighted by Gasteiger charge is 2.54. The SMILES string of the molecule is COC(=O)C1(Nc2ccc(F)cc2)CCN2CCCCC21. The lowest BCUT2D eigenvalue weighted by Crippen LogP contribution is -2.57. The summed E-state index contributed by atoms with van der Waals surface area (Å²) in [6.45, 7) is 1.93. The molecule has 2 aliphatic rings. The standard InChI is InChI=1S/C16H21FN2O2/c1-21-15(20)16(18-13-7-5-12(17)6-8-13)9-11-19-10-3-2-4-14(16)19/h5-8,14,18H,2-4,9-11H2,1H3. The van der Waals surface area contributed by atoms with Gasteiger partial charge in [0.1, 0.15) is 5.82 Å². The number of halogens is 1. The van der Waals surface area contributed by atoms with Crippen LogP contribution in [-0.2, 0) is 9.53 Å². The molecule has 0 bridgehead atoms. The van der Waals surface area contributed by atoms with Gasteiger partial charge in [0.25, 0.3) is 0 Å². The third kappa shape index (κ3) is 2.50. The molecular formula is C16H21FN2O2. The van der Waals surface area contributed by atoms with Crippen molar-refractivity contribution in [2.24, 2.45) is 0 Å². The summed E-state index contributed by atoms with van der Waals surface area (Å²) in [6.07, 6.45) is 4.03. The number of nitrogens with zero attached hydrogens (tertiary/aromatic N) is 1. The number of carbonyl (C=O) groups excluding carboxylic acids is 1. The Morgan fingerprint density at radius 1 is 1.33 bits per heavy atom. The first-order chi connectivity index (χ1) is 10.2. The van der Waals surface area contributed by atoms with Crippen molar-refractivity contribution in [1.29, 1.82) is 0 Å². The highest BCUT2D eigenvalue weighted by molar-refractivity contribution is 5.86. The molecule has 1 aromatic carbocycles. The molecule has 2 aliphatic heterocycles. The van der Waals surface area contributed by atoms with Crippen molar-refractivity contribution in [2.75, 3.05) is 25.5 Å². The fraction of sp³-hybridized carbons (Fsp3) is 0.562. The zero-order valence-electron chi connectivity index (χ0n) is 12.3. The molecule has 114 valence electrons. The lowest BCUT2D eigenvalue weighted by molar-refractivity contribution is -0.147. The third-order valence-corrected chi connectivity index (χ3v) is 4.74. The average molecular weight is 292 g/mol. The van der Waals surface area contributed by atoms with Gasteiger partial charge in [0.2, 0.25) is 0 Å². The van der Waals surface area contributed by atoms with Crippen LogP contribution in [-0.4, -0.2) is 42.6 Å². The van der Waals surface area contributed by atoms with Crippen molar-refractivity contribution < 1.29 is 13.9 Å². The Morgan fingerprint density at radius 2 is 2.10 bits per heavy atom. The highest BCUT2D eigenvalue weighted by atomic mass is 19.1. The van der Waals surface area contributed by atoms with Crippen molar-refractivity contribution in [3.8, 4) is 0 Å². The molecule has 21 heavy (non-hydrogen) atoms. The number of carbonyl (C=O) groups is 1. The van der Waals surface area contributed by atoms with E-state index < -0.39 is 5.54 Å². The Bertz CT molecular complexity index is 520. The van der Waals surface area contributed by atoms with Gasteiger partial charge in [0.15, 0.2) is 5.54 Å². The molecule has 5 heteroatoms. The largest absolute Gasteiger partial charge is 0.467 e. The maximum atomic E-state index is 13.1. The molecule has 1 aromatic rings. The first-order valence-corrected chi connectivity index (χ1v) is 7.52. The molecule has 0 amide bonds. The predicted octanol–water partition coefficient (Wildman–Crippen LogP) is 2.41. The summed E-state index contributed by atoms with van der Waals surface area (Å²) in [5.41, 5.74) is 0.0433. The van der Waals surface area contributed by atoms with E-state index in [1.165, 1.54) is 25.7 Å². The number of methoxy groups -OCH3 is 1. The van der Waals surface area contributed by atoms with Gasteiger partial charge in [-0.05, 0) is 50.1 Å². The van der Waals surface area contributed by atoms with Crippen LogP contribution in [0.1, 0.15) is 25.7 Å². The van der Waals surface area contributed by atoms with E-state index in [4.69, 9.17) is 4.74 Å². The first-order valence-electron chi connectivity index (χ1n) is 7.52. The van der Waals surface area contributed by atoms with Gasteiger partial charge in [0.05, 0.1) is 7.11 Å². The van der Waals surface area contributed by atoms with E-state index in [9.17, 15) is 9.18 Å². The predicted molar refractivity (Wildman–Crippen MR) is 78.6 cm³/mol. The lowest BCUT2D eigenvalue weighted by atomic mass is 9.85. The fourth-order valence-electron chi connectivity index (χ4n) is 3.71. The van der Waals surface area contributed by atoms with Crippen molar-refractivity contribution in [3.63, 3.8) is 0 Å². The minimum atomic E-state index is -0.715. The van der Waals surface area contributed by atoms with E-state index >= 15 is 0 Å². The molecule has 2 atom stereocenters. The van der Waals surface area contributed by atoms with Crippen molar-refractivity contribution in [3.05, 3.63) is 30.1 Å². The molecule has 2 saturated heterocycles. The summed E-state index contributed by atoms with van der Waals surface area (Å²) in [5.74, 6) is -0.500. The fourth-order valence-corrected chi connectivity index (χ4v) is 3.71. The zero-order valence-corrected chi connectivity index (χ0v) is 12.3. The summed E-state index contributed by atoms with van der Waals surface area (Å²) in [7, 11) is 1.43. The molecule has 2 unspecified atom stereocenters. The Morgan fingerprint density at radius 3 is 2.81 bits per heavy atom. The average Bonchev–Trinajstić information content (AvgIpc) is 2.89. The van der Waals surface area contributed by atoms with E-state index in [0.29, 0.717) is 0 Å². The molecule has 1 N–H and O–H groups in total. The second-order valence-electron chi connectivity index (χ2n) is 5.89. The molecule has 3 rings (SSSR count). The molecule has 0 radical (unpaired) electrons. The van der Waals surface area contributed by atoms with Crippen LogP contribution in [0.5, 0.6) is 0 Å². The van der Waals surface area contributed by atoms with Gasteiger partial charge >= 0.3 is 5.97 Å². The van der Waals surface area contributed by atoms with Crippen molar-refractivity contribution in [1.82, 2.24) is 4.90 Å². The highest BCUT2D eigenvalue weighted by Crippen LogP contribution is 2.38. The van der Waals surface area contributed by atoms with Gasteiger partial charge in [-0.25, -0.2) is 9.18 Å². The van der Waals surface area contributed by atoms with Crippen LogP contribution in [0, 0.1) is 5.82 Å². The van der Waals surface area contributed by atoms with Crippen LogP contribution in [0.15, 0.2) is 24.3 Å². The number of piperidine rings is 1. The number of nitrogens with one attached hydrogen (secondary N) is 1. The maximum absolute atomic E-state index is 13.1. The number of rotatable bonds is 3. The van der Waals surface area contributed by atoms with Crippen LogP contribution in [0.2, 0.25) is 0 Å². The van der Waals surface area contributed by atoms with Gasteiger partial charge in [-0.15, -0.1) is 0 Å². The molecule has 0 aliphatic carbocycles. The van der Waals surface area contributed by atoms with E-state index in [1.54, 1.807) is 12.1 Å². The Hall–Kier alpha value is -1.62. The van der Waals surface area contributed by atoms with Crippen molar-refractivity contribution in [2.45, 2.75) is 37.3 Å². The summed E-state index contributed by atoms with van der Waals surface area (Å²) >= 11 is 0. The number of anilines is 1. The van der Waals surface area contributed by atoms with E-state index in [0.717, 1.165) is 38.0 Å². The second-order valence-corrected chi connectivity index (χ2v) is 5.89. The molecule has 0 spiro atoms. The van der Waals surface area contributed by atoms with Gasteiger partial charge in [-0.2, -0.15) is 0 Å². The lowest BCUT2D eigenvalue weighted by Gasteiger charge is -2.39. The van der Waals surface area contributed by atoms with Crippen molar-refractivity contribution >= 4 is 11.7 Å². The van der Waals surface area contributed by atoms with Crippen LogP contribution < -0.4 is 5.32 Å². The normalized spacial score (nSPS) is 29.0. The minimum absolute atomic E-state index is 0.156. The molecule has 0 aromatic heterocycles. The summed E-state index contributed by atoms with van der Waals surface area (Å²) in [5, 5.41) is 3.35. The van der Waals surface area contributed by atoms with Gasteiger partial charge in [-0.3, -0.25) is 4.90 Å². The zero-order chi connectivity index (χ0) is 14.9. The Kier molecular flexibility index (Phi) is 3.85. The summed E-state index contributed by atoms with van der Waals surface area (Å²) in [6, 6.07) is 6.31. The van der Waals surface area contributed by atoms with Crippen LogP contribution in [0.25, 0.3) is 0 Å². The number of ether oxygens (including phenoxy) is 1. The third-order valence-electron chi connectivity index (χ3n) is 4.74. The van der Waals surface area contributed by atoms with Gasteiger partial charge in [-0.1, -0.05) is 6.42 Å². The number of hydrogen-bond acceptors (Lipinski definition) is 4. The summed E-state index contributed by atoms with van der Waals surface area (Å²) < 4.78 is 18.1. The second kappa shape index (κ2) is 5.64. The van der Waals surface area contributed by atoms with Gasteiger partial charge < -0.3 is 10.1 Å². The molecule has 2 fully saturated rings. The van der Waals surface area contributed by atoms with Gasteiger partial charge in [0, 0.05) is 18.3 Å². The monoisotopic (exact) mass is 292 g/mol. The maximum Gasteiger partial charge on any atom is 0.333 e. The first kappa shape index (κ1) is 14.3. The van der Waals surface area contributed by atoms with E-state index in [-0.39, 0.29) is 17.8 Å². The van der Waals surface area contributed by atoms with Crippen LogP contribution in [0.4, 0.5) is 10.1 Å². The van der Waals surface area contributed by atoms with E-state index in [1.807, 2.05) is 0 Å². The molecule has 0 saturated carbocycles. The Labute approximate surface area is 124 Å². The Balaban J connectivity index is 1.90. The number of benzene rings is 1. The van der Waals surface area contributed by atoms with Crippen LogP contribution in [0.3, 0.4) is 0 Å². The molecular weight excluding hydrogens is 271 g/mol. The quantitative estimate of drug-likeness (QED) is 0.869. The number of fused-ring (bicyclic) bond motifs is 1. The van der Waals surface area contributed by atoms with E-state index in [2.05, 4.69) is 10.2 Å². The molecule has 2 heterocycles. The minimum Gasteiger partial charge on any atom is -0.467 e. The molecule has 4 nitrogen and oxygen atoms in total. The number of hydrogen-bond donors (Lipinski definition) is 1. The topological polar surface area (TPSA) is 41.6 Å². The summed E-state index contributed by atoms with van der Waals surface area (Å²) in [4.78, 5) is 14.8. The number of esters is 1. The smallest absolute Gasteiger partial charge is 0.333 e. The van der Waals surface area contributed by atoms with Crippen LogP contribution >= 0.6 is 0 Å².